The number of hydrazine groups is 1. The number of rotatable bonds is 6. The van der Waals surface area contributed by atoms with Gasteiger partial charge in [-0.15, -0.1) is 11.3 Å². The van der Waals surface area contributed by atoms with Gasteiger partial charge in [0.25, 0.3) is 5.91 Å². The van der Waals surface area contributed by atoms with Gasteiger partial charge in [-0.05, 0) is 64.7 Å². The zero-order chi connectivity index (χ0) is 42.2. The first-order valence-corrected chi connectivity index (χ1v) is 21.5. The van der Waals surface area contributed by atoms with Crippen LogP contribution in [-0.2, 0) is 43.2 Å². The number of piperazine rings is 1. The molecule has 0 unspecified atom stereocenters. The lowest BCUT2D eigenvalue weighted by molar-refractivity contribution is -0.155. The molecule has 4 aromatic rings. The maximum atomic E-state index is 17.7. The number of alkyl carbamates (subject to hydrolysis) is 1. The van der Waals surface area contributed by atoms with Gasteiger partial charge in [-0.3, -0.25) is 19.6 Å². The highest BCUT2D eigenvalue weighted by atomic mass is 32.1. The van der Waals surface area contributed by atoms with Gasteiger partial charge in [-0.1, -0.05) is 26.8 Å². The van der Waals surface area contributed by atoms with E-state index in [-0.39, 0.29) is 19.1 Å². The summed E-state index contributed by atoms with van der Waals surface area (Å²) < 4.78 is 37.1. The number of nitrogens with zero attached hydrogens (tertiary/aromatic N) is 5. The van der Waals surface area contributed by atoms with E-state index < -0.39 is 46.9 Å². The number of benzene rings is 1. The van der Waals surface area contributed by atoms with Gasteiger partial charge < -0.3 is 34.3 Å². The molecule has 7 rings (SSSR count). The number of nitrogens with one attached hydrogen (secondary N) is 3. The molecule has 6 bridgehead atoms. The predicted octanol–water partition coefficient (Wildman–Crippen LogP) is 6.16. The van der Waals surface area contributed by atoms with Crippen LogP contribution in [0.2, 0.25) is 0 Å². The Labute approximate surface area is 349 Å². The van der Waals surface area contributed by atoms with Gasteiger partial charge in [-0.2, -0.15) is 0 Å². The van der Waals surface area contributed by atoms with E-state index in [0.717, 1.165) is 59.8 Å². The number of aromatic nitrogens is 3. The minimum Gasteiger partial charge on any atom is -0.464 e. The smallest absolute Gasteiger partial charge is 0.408 e. The molecule has 0 saturated carbocycles. The van der Waals surface area contributed by atoms with Crippen molar-refractivity contribution >= 4 is 45.9 Å². The number of carbonyl (C=O) groups is 3. The number of thiazole rings is 1. The van der Waals surface area contributed by atoms with Gasteiger partial charge in [0.05, 0.1) is 52.2 Å². The monoisotopic (exact) mass is 832 g/mol. The van der Waals surface area contributed by atoms with Crippen molar-refractivity contribution < 1.29 is 33.0 Å². The van der Waals surface area contributed by atoms with Crippen molar-refractivity contribution in [1.29, 1.82) is 0 Å². The molecule has 6 heterocycles. The molecule has 1 aromatic carbocycles. The van der Waals surface area contributed by atoms with Crippen LogP contribution >= 0.6 is 11.3 Å². The van der Waals surface area contributed by atoms with Crippen molar-refractivity contribution in [2.24, 2.45) is 5.41 Å². The standard InChI is InChI=1S/C43H57FN8O6S/c1-9-27-28-12-13-29-33-22-59-34(47-33)20-32(48-41(55)58-42(3,4)5)39(53)52-16-10-11-31(49-52)40(54)57-24-43(6,7)23-51(38(28)35(29)44)37(27)30-19-26(50-17-14-45-15-18-50)21-46-36(30)25(2)56-8/h12-13,19,21-22,25,31-32,45,49H,9-11,14-18,20,23-24H2,1-8H3,(H,48,55)/t25-,31-,32-/m0/s1. The maximum Gasteiger partial charge on any atom is 0.408 e. The van der Waals surface area contributed by atoms with Gasteiger partial charge >= 0.3 is 12.1 Å². The second-order valence-electron chi connectivity index (χ2n) is 17.4. The number of ether oxygens (including phenoxy) is 3. The summed E-state index contributed by atoms with van der Waals surface area (Å²) in [5.41, 5.74) is 7.11. The van der Waals surface area contributed by atoms with Crippen LogP contribution < -0.4 is 21.0 Å². The second kappa shape index (κ2) is 17.1. The normalized spacial score (nSPS) is 20.9. The molecule has 0 spiro atoms. The Morgan fingerprint density at radius 3 is 2.64 bits per heavy atom. The summed E-state index contributed by atoms with van der Waals surface area (Å²) >= 11 is 1.28. The number of esters is 1. The highest BCUT2D eigenvalue weighted by molar-refractivity contribution is 7.10. The van der Waals surface area contributed by atoms with Gasteiger partial charge in [-0.25, -0.2) is 19.6 Å². The number of aryl methyl sites for hydroxylation is 1. The second-order valence-corrected chi connectivity index (χ2v) is 18.4. The third kappa shape index (κ3) is 9.10. The van der Waals surface area contributed by atoms with Crippen molar-refractivity contribution in [3.63, 3.8) is 0 Å². The first-order valence-electron chi connectivity index (χ1n) is 20.6. The lowest BCUT2D eigenvalue weighted by atomic mass is 9.93. The molecule has 3 atom stereocenters. The van der Waals surface area contributed by atoms with Crippen molar-refractivity contribution in [2.45, 2.75) is 104 Å². The number of pyridine rings is 1. The number of methoxy groups -OCH3 is 1. The first-order chi connectivity index (χ1) is 28.1. The molecule has 318 valence electrons. The third-order valence-electron chi connectivity index (χ3n) is 11.1. The molecule has 3 aliphatic heterocycles. The number of fused-ring (bicyclic) bond motifs is 6. The number of cyclic esters (lactones) is 1. The van der Waals surface area contributed by atoms with Crippen LogP contribution in [0.3, 0.4) is 0 Å². The topological polar surface area (TPSA) is 152 Å². The largest absolute Gasteiger partial charge is 0.464 e. The van der Waals surface area contributed by atoms with E-state index in [4.69, 9.17) is 24.2 Å². The van der Waals surface area contributed by atoms with Crippen LogP contribution in [0.4, 0.5) is 14.9 Å². The molecule has 59 heavy (non-hydrogen) atoms. The maximum absolute atomic E-state index is 17.7. The summed E-state index contributed by atoms with van der Waals surface area (Å²) in [6, 6.07) is 4.01. The summed E-state index contributed by atoms with van der Waals surface area (Å²) in [7, 11) is 1.66. The van der Waals surface area contributed by atoms with Crippen molar-refractivity contribution in [3.8, 4) is 22.5 Å². The fourth-order valence-electron chi connectivity index (χ4n) is 8.18. The van der Waals surface area contributed by atoms with E-state index in [1.165, 1.54) is 16.3 Å². The lowest BCUT2D eigenvalue weighted by Crippen LogP contribution is -2.60. The van der Waals surface area contributed by atoms with E-state index in [2.05, 4.69) is 33.9 Å². The molecule has 2 saturated heterocycles. The van der Waals surface area contributed by atoms with Gasteiger partial charge in [0.2, 0.25) is 0 Å². The predicted molar refractivity (Wildman–Crippen MR) is 226 cm³/mol. The van der Waals surface area contributed by atoms with Gasteiger partial charge in [0.15, 0.2) is 5.82 Å². The first kappa shape index (κ1) is 42.5. The highest BCUT2D eigenvalue weighted by Gasteiger charge is 2.37. The zero-order valence-corrected chi connectivity index (χ0v) is 36.2. The van der Waals surface area contributed by atoms with E-state index in [0.29, 0.717) is 54.1 Å². The average Bonchev–Trinajstić information content (AvgIpc) is 3.80. The minimum atomic E-state index is -1.09. The Morgan fingerprint density at radius 1 is 1.17 bits per heavy atom. The van der Waals surface area contributed by atoms with E-state index >= 15 is 4.39 Å². The summed E-state index contributed by atoms with van der Waals surface area (Å²) in [5, 5.41) is 10.6. The molecular weight excluding hydrogens is 776 g/mol. The fraction of sp³-hybridized carbons (Fsp3) is 0.558. The number of halogens is 1. The highest BCUT2D eigenvalue weighted by Crippen LogP contribution is 2.43. The number of hydrogen-bond acceptors (Lipinski definition) is 12. The summed E-state index contributed by atoms with van der Waals surface area (Å²) in [6.45, 7) is 17.3. The molecule has 3 aliphatic rings. The Bertz CT molecular complexity index is 2210. The van der Waals surface area contributed by atoms with Crippen LogP contribution in [0.25, 0.3) is 33.4 Å². The quantitative estimate of drug-likeness (QED) is 0.192. The Kier molecular flexibility index (Phi) is 12.3. The third-order valence-corrected chi connectivity index (χ3v) is 12.0. The molecule has 2 fully saturated rings. The van der Waals surface area contributed by atoms with E-state index in [9.17, 15) is 14.4 Å². The number of hydrogen-bond donors (Lipinski definition) is 3. The molecule has 16 heteroatoms. The fourth-order valence-corrected chi connectivity index (χ4v) is 9.02. The SMILES string of the molecule is CCc1c(-c2cc(N3CCNCC3)cnc2[C@H](C)OC)n2c3c(F)c(ccc13)-c1csc(n1)C[C@H](NC(=O)OC(C)(C)C)C(=O)N1CCC[C@H](N1)C(=O)OCC(C)(C)C2. The Morgan fingerprint density at radius 2 is 1.93 bits per heavy atom. The van der Waals surface area contributed by atoms with Crippen molar-refractivity contribution in [2.75, 3.05) is 51.3 Å². The Hall–Kier alpha value is -4.64. The van der Waals surface area contributed by atoms with E-state index in [1.807, 2.05) is 37.6 Å². The van der Waals surface area contributed by atoms with E-state index in [1.54, 1.807) is 39.3 Å². The number of anilines is 1. The van der Waals surface area contributed by atoms with Crippen molar-refractivity contribution in [3.05, 3.63) is 51.9 Å². The van der Waals surface area contributed by atoms with Gasteiger partial charge in [0, 0.05) is 80.1 Å². The van der Waals surface area contributed by atoms with Crippen LogP contribution in [0, 0.1) is 11.2 Å². The molecule has 3 N–H and O–H groups in total. The average molecular weight is 833 g/mol. The van der Waals surface area contributed by atoms with Crippen LogP contribution in [0.5, 0.6) is 0 Å². The number of carbonyl (C=O) groups excluding carboxylic acids is 3. The van der Waals surface area contributed by atoms with Crippen LogP contribution in [-0.4, -0.2) is 102 Å². The zero-order valence-electron chi connectivity index (χ0n) is 35.4. The molecule has 0 aliphatic carbocycles. The molecule has 14 nitrogen and oxygen atoms in total. The molecule has 2 amide bonds. The van der Waals surface area contributed by atoms with Crippen molar-refractivity contribution in [1.82, 2.24) is 35.6 Å². The summed E-state index contributed by atoms with van der Waals surface area (Å²) in [4.78, 5) is 53.1. The summed E-state index contributed by atoms with van der Waals surface area (Å²) in [6.07, 6.45) is 2.41. The van der Waals surface area contributed by atoms with Gasteiger partial charge in [0.1, 0.15) is 17.7 Å². The molecule has 3 aromatic heterocycles. The minimum absolute atomic E-state index is 0.0193. The molecule has 0 radical (unpaired) electrons. The summed E-state index contributed by atoms with van der Waals surface area (Å²) in [5.74, 6) is -1.39. The molecular formula is C43H57FN8O6S. The number of amides is 2. The van der Waals surface area contributed by atoms with Crippen LogP contribution in [0.15, 0.2) is 29.8 Å². The lowest BCUT2D eigenvalue weighted by Gasteiger charge is -2.35. The van der Waals surface area contributed by atoms with Crippen LogP contribution in [0.1, 0.15) is 83.7 Å². The Balaban J connectivity index is 1.40.